The summed E-state index contributed by atoms with van der Waals surface area (Å²) in [4.78, 5) is 37.1. The second-order valence-electron chi connectivity index (χ2n) is 7.48. The molecule has 0 bridgehead atoms. The van der Waals surface area contributed by atoms with E-state index in [9.17, 15) is 14.4 Å². The molecule has 1 saturated carbocycles. The van der Waals surface area contributed by atoms with Crippen LogP contribution in [0.1, 0.15) is 54.4 Å². The van der Waals surface area contributed by atoms with Crippen LogP contribution in [-0.2, 0) is 9.59 Å². The zero-order valence-electron chi connectivity index (χ0n) is 16.6. The molecule has 3 amide bonds. The van der Waals surface area contributed by atoms with Crippen LogP contribution in [0.2, 0.25) is 0 Å². The zero-order valence-corrected chi connectivity index (χ0v) is 16.6. The molecule has 0 saturated heterocycles. The highest BCUT2D eigenvalue weighted by molar-refractivity contribution is 6.40. The third kappa shape index (κ3) is 5.67. The number of para-hydroxylation sites is 1. The number of carbonyl (C=O) groups is 3. The summed E-state index contributed by atoms with van der Waals surface area (Å²) in [5.74, 6) is -1.66. The Labute approximate surface area is 171 Å². The lowest BCUT2D eigenvalue weighted by molar-refractivity contribution is -0.136. The molecule has 29 heavy (non-hydrogen) atoms. The van der Waals surface area contributed by atoms with Crippen molar-refractivity contribution in [2.24, 2.45) is 0 Å². The molecule has 2 aromatic carbocycles. The summed E-state index contributed by atoms with van der Waals surface area (Å²) in [6, 6.07) is 16.7. The fourth-order valence-electron chi connectivity index (χ4n) is 3.53. The van der Waals surface area contributed by atoms with Crippen LogP contribution in [0.3, 0.4) is 0 Å². The van der Waals surface area contributed by atoms with Gasteiger partial charge in [0.2, 0.25) is 0 Å². The molecule has 0 spiro atoms. The summed E-state index contributed by atoms with van der Waals surface area (Å²) in [7, 11) is 0. The first kappa shape index (κ1) is 20.6. The Morgan fingerprint density at radius 2 is 1.59 bits per heavy atom. The standard InChI is InChI=1S/C23H27N3O3/c1-16(17-9-3-2-4-10-17)15-24-22(28)23(29)26-20-14-8-7-13-19(20)21(27)25-18-11-5-6-12-18/h2-4,7-10,13-14,16,18H,5-6,11-12,15H2,1H3,(H,24,28)(H,25,27)(H,26,29)/t16-/m0/s1. The zero-order chi connectivity index (χ0) is 20.6. The second-order valence-corrected chi connectivity index (χ2v) is 7.48. The van der Waals surface area contributed by atoms with Gasteiger partial charge in [-0.05, 0) is 36.5 Å². The number of hydrogen-bond acceptors (Lipinski definition) is 3. The number of carbonyl (C=O) groups excluding carboxylic acids is 3. The maximum absolute atomic E-state index is 12.6. The van der Waals surface area contributed by atoms with Crippen molar-refractivity contribution >= 4 is 23.4 Å². The Morgan fingerprint density at radius 3 is 2.31 bits per heavy atom. The van der Waals surface area contributed by atoms with Crippen molar-refractivity contribution in [3.63, 3.8) is 0 Å². The highest BCUT2D eigenvalue weighted by Crippen LogP contribution is 2.20. The lowest BCUT2D eigenvalue weighted by Crippen LogP contribution is -2.38. The van der Waals surface area contributed by atoms with Gasteiger partial charge >= 0.3 is 11.8 Å². The molecule has 2 aromatic rings. The monoisotopic (exact) mass is 393 g/mol. The van der Waals surface area contributed by atoms with E-state index in [1.54, 1.807) is 24.3 Å². The van der Waals surface area contributed by atoms with Gasteiger partial charge in [-0.15, -0.1) is 0 Å². The molecule has 152 valence electrons. The minimum atomic E-state index is -0.786. The van der Waals surface area contributed by atoms with Gasteiger partial charge in [-0.3, -0.25) is 14.4 Å². The van der Waals surface area contributed by atoms with Crippen molar-refractivity contribution < 1.29 is 14.4 Å². The van der Waals surface area contributed by atoms with Gasteiger partial charge in [0.1, 0.15) is 0 Å². The van der Waals surface area contributed by atoms with Crippen LogP contribution >= 0.6 is 0 Å². The summed E-state index contributed by atoms with van der Waals surface area (Å²) >= 11 is 0. The lowest BCUT2D eigenvalue weighted by atomic mass is 10.0. The fourth-order valence-corrected chi connectivity index (χ4v) is 3.53. The molecule has 1 aliphatic rings. The van der Waals surface area contributed by atoms with Crippen LogP contribution in [0.5, 0.6) is 0 Å². The Morgan fingerprint density at radius 1 is 0.931 bits per heavy atom. The van der Waals surface area contributed by atoms with Crippen LogP contribution in [0, 0.1) is 0 Å². The Kier molecular flexibility index (Phi) is 7.00. The molecule has 0 radical (unpaired) electrons. The maximum Gasteiger partial charge on any atom is 0.313 e. The van der Waals surface area contributed by atoms with Gasteiger partial charge in [0.15, 0.2) is 0 Å². The molecule has 3 rings (SSSR count). The van der Waals surface area contributed by atoms with E-state index in [1.807, 2.05) is 37.3 Å². The molecule has 1 atom stereocenters. The molecular formula is C23H27N3O3. The molecule has 0 aliphatic heterocycles. The SMILES string of the molecule is C[C@@H](CNC(=O)C(=O)Nc1ccccc1C(=O)NC1CCCC1)c1ccccc1. The van der Waals surface area contributed by atoms with E-state index in [4.69, 9.17) is 0 Å². The van der Waals surface area contributed by atoms with Gasteiger partial charge < -0.3 is 16.0 Å². The van der Waals surface area contributed by atoms with Gasteiger partial charge in [-0.25, -0.2) is 0 Å². The van der Waals surface area contributed by atoms with Gasteiger partial charge in [-0.2, -0.15) is 0 Å². The number of amides is 3. The van der Waals surface area contributed by atoms with Gasteiger partial charge in [0.05, 0.1) is 11.3 Å². The summed E-state index contributed by atoms with van der Waals surface area (Å²) in [5.41, 5.74) is 1.78. The maximum atomic E-state index is 12.6. The second kappa shape index (κ2) is 9.87. The molecule has 0 unspecified atom stereocenters. The van der Waals surface area contributed by atoms with E-state index < -0.39 is 11.8 Å². The number of nitrogens with one attached hydrogen (secondary N) is 3. The molecule has 1 fully saturated rings. The van der Waals surface area contributed by atoms with Crippen LogP contribution in [0.25, 0.3) is 0 Å². The minimum absolute atomic E-state index is 0.0809. The van der Waals surface area contributed by atoms with Gasteiger partial charge in [0.25, 0.3) is 5.91 Å². The summed E-state index contributed by atoms with van der Waals surface area (Å²) in [5, 5.41) is 8.23. The quantitative estimate of drug-likeness (QED) is 0.659. The number of hydrogen-bond donors (Lipinski definition) is 3. The third-order valence-electron chi connectivity index (χ3n) is 5.25. The van der Waals surface area contributed by atoms with Crippen LogP contribution < -0.4 is 16.0 Å². The van der Waals surface area contributed by atoms with E-state index >= 15 is 0 Å². The first-order valence-electron chi connectivity index (χ1n) is 10.1. The molecular weight excluding hydrogens is 366 g/mol. The molecule has 6 heteroatoms. The number of anilines is 1. The topological polar surface area (TPSA) is 87.3 Å². The van der Waals surface area contributed by atoms with Crippen molar-refractivity contribution in [1.29, 1.82) is 0 Å². The van der Waals surface area contributed by atoms with Crippen molar-refractivity contribution in [2.45, 2.75) is 44.6 Å². The van der Waals surface area contributed by atoms with E-state index in [0.717, 1.165) is 31.2 Å². The first-order chi connectivity index (χ1) is 14.0. The Bertz CT molecular complexity index is 861. The van der Waals surface area contributed by atoms with E-state index in [-0.39, 0.29) is 17.9 Å². The third-order valence-corrected chi connectivity index (χ3v) is 5.25. The van der Waals surface area contributed by atoms with E-state index in [2.05, 4.69) is 16.0 Å². The van der Waals surface area contributed by atoms with Crippen LogP contribution in [0.4, 0.5) is 5.69 Å². The summed E-state index contributed by atoms with van der Waals surface area (Å²) < 4.78 is 0. The van der Waals surface area contributed by atoms with Gasteiger partial charge in [0, 0.05) is 12.6 Å². The Balaban J connectivity index is 1.57. The predicted octanol–water partition coefficient (Wildman–Crippen LogP) is 3.22. The molecule has 0 aromatic heterocycles. The largest absolute Gasteiger partial charge is 0.349 e. The fraction of sp³-hybridized carbons (Fsp3) is 0.348. The van der Waals surface area contributed by atoms with Crippen LogP contribution in [-0.4, -0.2) is 30.3 Å². The van der Waals surface area contributed by atoms with Crippen molar-refractivity contribution in [3.05, 3.63) is 65.7 Å². The summed E-state index contributed by atoms with van der Waals surface area (Å²) in [6.07, 6.45) is 4.18. The number of benzene rings is 2. The van der Waals surface area contributed by atoms with Gasteiger partial charge in [-0.1, -0.05) is 62.2 Å². The molecule has 6 nitrogen and oxygen atoms in total. The average Bonchev–Trinajstić information content (AvgIpc) is 3.25. The number of rotatable bonds is 6. The molecule has 0 heterocycles. The van der Waals surface area contributed by atoms with E-state index in [1.165, 1.54) is 0 Å². The lowest BCUT2D eigenvalue weighted by Gasteiger charge is -2.15. The van der Waals surface area contributed by atoms with E-state index in [0.29, 0.717) is 17.8 Å². The molecule has 3 N–H and O–H groups in total. The first-order valence-corrected chi connectivity index (χ1v) is 10.1. The Hall–Kier alpha value is -3.15. The van der Waals surface area contributed by atoms with Crippen molar-refractivity contribution in [2.75, 3.05) is 11.9 Å². The minimum Gasteiger partial charge on any atom is -0.349 e. The highest BCUT2D eigenvalue weighted by atomic mass is 16.2. The molecule has 1 aliphatic carbocycles. The predicted molar refractivity (Wildman–Crippen MR) is 113 cm³/mol. The summed E-state index contributed by atoms with van der Waals surface area (Å²) in [6.45, 7) is 2.33. The van der Waals surface area contributed by atoms with Crippen molar-refractivity contribution in [3.8, 4) is 0 Å². The average molecular weight is 393 g/mol. The van der Waals surface area contributed by atoms with Crippen molar-refractivity contribution in [1.82, 2.24) is 10.6 Å². The van der Waals surface area contributed by atoms with Crippen LogP contribution in [0.15, 0.2) is 54.6 Å². The smallest absolute Gasteiger partial charge is 0.313 e. The highest BCUT2D eigenvalue weighted by Gasteiger charge is 2.21. The normalized spacial score (nSPS) is 14.8.